The summed E-state index contributed by atoms with van der Waals surface area (Å²) in [6, 6.07) is 5.78. The van der Waals surface area contributed by atoms with E-state index >= 15 is 0 Å². The molecule has 4 heteroatoms. The summed E-state index contributed by atoms with van der Waals surface area (Å²) in [5.41, 5.74) is 2.17. The molecule has 1 saturated carbocycles. The predicted molar refractivity (Wildman–Crippen MR) is 73.6 cm³/mol. The van der Waals surface area contributed by atoms with Crippen molar-refractivity contribution < 1.29 is 8.42 Å². The molecule has 1 fully saturated rings. The number of aryl methyl sites for hydroxylation is 2. The fourth-order valence-electron chi connectivity index (χ4n) is 2.57. The van der Waals surface area contributed by atoms with Gasteiger partial charge in [0, 0.05) is 6.04 Å². The van der Waals surface area contributed by atoms with Crippen molar-refractivity contribution in [2.45, 2.75) is 49.3 Å². The van der Waals surface area contributed by atoms with Gasteiger partial charge in [-0.3, -0.25) is 0 Å². The SMILES string of the molecule is CNC1CCC(S(=O)(=O)c2ccc(C)c(C)c2)C1. The van der Waals surface area contributed by atoms with E-state index in [0.29, 0.717) is 10.9 Å². The normalized spacial score (nSPS) is 24.4. The van der Waals surface area contributed by atoms with Crippen LogP contribution in [0.5, 0.6) is 0 Å². The first-order valence-corrected chi connectivity index (χ1v) is 7.98. The van der Waals surface area contributed by atoms with Crippen LogP contribution in [-0.2, 0) is 9.84 Å². The van der Waals surface area contributed by atoms with Crippen molar-refractivity contribution in [3.63, 3.8) is 0 Å². The Balaban J connectivity index is 2.28. The number of rotatable bonds is 3. The third kappa shape index (κ3) is 2.45. The molecule has 1 aliphatic rings. The van der Waals surface area contributed by atoms with Gasteiger partial charge in [-0.25, -0.2) is 8.42 Å². The Morgan fingerprint density at radius 1 is 1.17 bits per heavy atom. The van der Waals surface area contributed by atoms with Crippen molar-refractivity contribution in [3.8, 4) is 0 Å². The topological polar surface area (TPSA) is 46.2 Å². The molecule has 0 bridgehead atoms. The van der Waals surface area contributed by atoms with E-state index in [0.717, 1.165) is 30.4 Å². The number of sulfone groups is 1. The number of hydrogen-bond acceptors (Lipinski definition) is 3. The molecule has 3 nitrogen and oxygen atoms in total. The second-order valence-electron chi connectivity index (χ2n) is 5.21. The molecule has 2 unspecified atom stereocenters. The Morgan fingerprint density at radius 2 is 1.89 bits per heavy atom. The van der Waals surface area contributed by atoms with Gasteiger partial charge in [-0.15, -0.1) is 0 Å². The number of benzene rings is 1. The molecular weight excluding hydrogens is 246 g/mol. The summed E-state index contributed by atoms with van der Waals surface area (Å²) >= 11 is 0. The Bertz CT molecular complexity index is 537. The van der Waals surface area contributed by atoms with Crippen LogP contribution >= 0.6 is 0 Å². The summed E-state index contributed by atoms with van der Waals surface area (Å²) in [7, 11) is -1.26. The standard InChI is InChI=1S/C14H21NO2S/c1-10-4-6-13(8-11(10)2)18(16,17)14-7-5-12(9-14)15-3/h4,6,8,12,14-15H,5,7,9H2,1-3H3. The predicted octanol–water partition coefficient (Wildman–Crippen LogP) is 2.22. The maximum atomic E-state index is 12.5. The van der Waals surface area contributed by atoms with E-state index in [-0.39, 0.29) is 5.25 Å². The lowest BCUT2D eigenvalue weighted by atomic mass is 10.1. The van der Waals surface area contributed by atoms with Gasteiger partial charge in [0.15, 0.2) is 9.84 Å². The second kappa shape index (κ2) is 5.02. The van der Waals surface area contributed by atoms with E-state index < -0.39 is 9.84 Å². The quantitative estimate of drug-likeness (QED) is 0.913. The summed E-state index contributed by atoms with van der Waals surface area (Å²) in [6.07, 6.45) is 2.44. The molecule has 0 radical (unpaired) electrons. The number of nitrogens with one attached hydrogen (secondary N) is 1. The molecular formula is C14H21NO2S. The first kappa shape index (κ1) is 13.6. The Morgan fingerprint density at radius 3 is 2.44 bits per heavy atom. The van der Waals surface area contributed by atoms with Crippen molar-refractivity contribution in [2.75, 3.05) is 7.05 Å². The van der Waals surface area contributed by atoms with Gasteiger partial charge in [-0.1, -0.05) is 6.07 Å². The van der Waals surface area contributed by atoms with E-state index in [4.69, 9.17) is 0 Å². The van der Waals surface area contributed by atoms with E-state index in [9.17, 15) is 8.42 Å². The van der Waals surface area contributed by atoms with E-state index in [1.54, 1.807) is 12.1 Å². The third-order valence-electron chi connectivity index (χ3n) is 4.04. The van der Waals surface area contributed by atoms with Crippen LogP contribution in [0, 0.1) is 13.8 Å². The van der Waals surface area contributed by atoms with Crippen molar-refractivity contribution >= 4 is 9.84 Å². The molecule has 0 aliphatic heterocycles. The molecule has 0 amide bonds. The van der Waals surface area contributed by atoms with Crippen molar-refractivity contribution in [1.82, 2.24) is 5.32 Å². The van der Waals surface area contributed by atoms with Crippen LogP contribution in [0.1, 0.15) is 30.4 Å². The zero-order valence-corrected chi connectivity index (χ0v) is 12.0. The summed E-state index contributed by atoms with van der Waals surface area (Å²) in [5, 5.41) is 2.95. The fraction of sp³-hybridized carbons (Fsp3) is 0.571. The van der Waals surface area contributed by atoms with Crippen molar-refractivity contribution in [3.05, 3.63) is 29.3 Å². The highest BCUT2D eigenvalue weighted by molar-refractivity contribution is 7.92. The molecule has 1 aromatic rings. The van der Waals surface area contributed by atoms with Crippen LogP contribution in [0.3, 0.4) is 0 Å². The lowest BCUT2D eigenvalue weighted by Gasteiger charge is -2.13. The average Bonchev–Trinajstić information content (AvgIpc) is 2.81. The van der Waals surface area contributed by atoms with E-state index in [1.807, 2.05) is 27.0 Å². The van der Waals surface area contributed by atoms with Crippen LogP contribution in [-0.4, -0.2) is 26.8 Å². The van der Waals surface area contributed by atoms with Gasteiger partial charge in [0.2, 0.25) is 0 Å². The van der Waals surface area contributed by atoms with E-state index in [2.05, 4.69) is 5.32 Å². The highest BCUT2D eigenvalue weighted by Gasteiger charge is 2.34. The Labute approximate surface area is 110 Å². The lowest BCUT2D eigenvalue weighted by molar-refractivity contribution is 0.564. The molecule has 1 N–H and O–H groups in total. The molecule has 1 aliphatic carbocycles. The minimum Gasteiger partial charge on any atom is -0.317 e. The molecule has 100 valence electrons. The zero-order chi connectivity index (χ0) is 13.3. The van der Waals surface area contributed by atoms with Gasteiger partial charge < -0.3 is 5.32 Å². The molecule has 18 heavy (non-hydrogen) atoms. The van der Waals surface area contributed by atoms with Crippen LogP contribution < -0.4 is 5.32 Å². The Hall–Kier alpha value is -0.870. The van der Waals surface area contributed by atoms with Gasteiger partial charge in [-0.2, -0.15) is 0 Å². The number of hydrogen-bond donors (Lipinski definition) is 1. The molecule has 1 aromatic carbocycles. The highest BCUT2D eigenvalue weighted by atomic mass is 32.2. The largest absolute Gasteiger partial charge is 0.317 e. The fourth-order valence-corrected chi connectivity index (χ4v) is 4.48. The van der Waals surface area contributed by atoms with Crippen LogP contribution in [0.4, 0.5) is 0 Å². The first-order valence-electron chi connectivity index (χ1n) is 6.43. The van der Waals surface area contributed by atoms with Gasteiger partial charge in [0.25, 0.3) is 0 Å². The maximum absolute atomic E-state index is 12.5. The molecule has 0 spiro atoms. The summed E-state index contributed by atoms with van der Waals surface area (Å²) in [5.74, 6) is 0. The highest BCUT2D eigenvalue weighted by Crippen LogP contribution is 2.30. The van der Waals surface area contributed by atoms with Crippen molar-refractivity contribution in [1.29, 1.82) is 0 Å². The molecule has 2 rings (SSSR count). The van der Waals surface area contributed by atoms with E-state index in [1.165, 1.54) is 0 Å². The van der Waals surface area contributed by atoms with Gasteiger partial charge in [0.1, 0.15) is 0 Å². The van der Waals surface area contributed by atoms with Gasteiger partial charge in [-0.05, 0) is 63.4 Å². The van der Waals surface area contributed by atoms with Crippen LogP contribution in [0.2, 0.25) is 0 Å². The van der Waals surface area contributed by atoms with Crippen LogP contribution in [0.15, 0.2) is 23.1 Å². The average molecular weight is 267 g/mol. The zero-order valence-electron chi connectivity index (χ0n) is 11.2. The minimum absolute atomic E-state index is 0.225. The third-order valence-corrected chi connectivity index (χ3v) is 6.26. The maximum Gasteiger partial charge on any atom is 0.181 e. The molecule has 0 saturated heterocycles. The smallest absolute Gasteiger partial charge is 0.181 e. The lowest BCUT2D eigenvalue weighted by Crippen LogP contribution is -2.25. The molecule has 0 aromatic heterocycles. The van der Waals surface area contributed by atoms with Crippen molar-refractivity contribution in [2.24, 2.45) is 0 Å². The monoisotopic (exact) mass is 267 g/mol. The summed E-state index contributed by atoms with van der Waals surface area (Å²) in [6.45, 7) is 3.96. The molecule has 2 atom stereocenters. The van der Waals surface area contributed by atoms with Gasteiger partial charge in [0.05, 0.1) is 10.1 Å². The Kier molecular flexibility index (Phi) is 3.78. The second-order valence-corrected chi connectivity index (χ2v) is 7.44. The van der Waals surface area contributed by atoms with Gasteiger partial charge >= 0.3 is 0 Å². The summed E-state index contributed by atoms with van der Waals surface area (Å²) in [4.78, 5) is 0.479. The van der Waals surface area contributed by atoms with Crippen LogP contribution in [0.25, 0.3) is 0 Å². The minimum atomic E-state index is -3.16. The molecule has 0 heterocycles. The summed E-state index contributed by atoms with van der Waals surface area (Å²) < 4.78 is 25.1. The first-order chi connectivity index (χ1) is 8.45.